The lowest BCUT2D eigenvalue weighted by Gasteiger charge is -2.44. The van der Waals surface area contributed by atoms with Crippen LogP contribution in [0.3, 0.4) is 0 Å². The van der Waals surface area contributed by atoms with Gasteiger partial charge < -0.3 is 4.90 Å². The summed E-state index contributed by atoms with van der Waals surface area (Å²) in [5, 5.41) is 8.53. The highest BCUT2D eigenvalue weighted by atomic mass is 15.2. The molecule has 1 saturated heterocycles. The Hall–Kier alpha value is -0.550. The van der Waals surface area contributed by atoms with Crippen LogP contribution in [0.15, 0.2) is 0 Å². The Labute approximate surface area is 99.6 Å². The van der Waals surface area contributed by atoms with E-state index in [1.54, 1.807) is 0 Å². The minimum Gasteiger partial charge on any atom is -0.300 e. The molecule has 0 spiro atoms. The second kappa shape index (κ2) is 6.25. The Morgan fingerprint density at radius 2 is 1.88 bits per heavy atom. The molecule has 2 heteroatoms. The van der Waals surface area contributed by atoms with Crippen LogP contribution in [0.1, 0.15) is 57.8 Å². The lowest BCUT2D eigenvalue weighted by molar-refractivity contribution is 0.0598. The second-order valence-corrected chi connectivity index (χ2v) is 5.41. The van der Waals surface area contributed by atoms with Gasteiger partial charge in [0.1, 0.15) is 0 Å². The van der Waals surface area contributed by atoms with Crippen molar-refractivity contribution in [2.45, 2.75) is 63.8 Å². The van der Waals surface area contributed by atoms with Crippen LogP contribution < -0.4 is 0 Å². The third-order valence-electron chi connectivity index (χ3n) is 4.34. The number of hydrogen-bond acceptors (Lipinski definition) is 2. The molecule has 2 rings (SSSR count). The van der Waals surface area contributed by atoms with Crippen LogP contribution in [-0.4, -0.2) is 24.0 Å². The molecule has 2 fully saturated rings. The zero-order chi connectivity index (χ0) is 11.2. The van der Waals surface area contributed by atoms with E-state index in [2.05, 4.69) is 11.0 Å². The maximum atomic E-state index is 8.53. The molecule has 1 saturated carbocycles. The van der Waals surface area contributed by atoms with Crippen LogP contribution in [0.5, 0.6) is 0 Å². The maximum Gasteiger partial charge on any atom is 0.0621 e. The largest absolute Gasteiger partial charge is 0.300 e. The van der Waals surface area contributed by atoms with E-state index < -0.39 is 0 Å². The third-order valence-corrected chi connectivity index (χ3v) is 4.34. The van der Waals surface area contributed by atoms with Crippen molar-refractivity contribution >= 4 is 0 Å². The fraction of sp³-hybridized carbons (Fsp3) is 0.929. The summed E-state index contributed by atoms with van der Waals surface area (Å²) in [4.78, 5) is 2.73. The number of piperidine rings is 1. The van der Waals surface area contributed by atoms with Crippen LogP contribution in [0.25, 0.3) is 0 Å². The van der Waals surface area contributed by atoms with Crippen LogP contribution in [0, 0.1) is 17.2 Å². The van der Waals surface area contributed by atoms with Crippen LogP contribution in [-0.2, 0) is 0 Å². The first-order valence-corrected chi connectivity index (χ1v) is 7.03. The fourth-order valence-electron chi connectivity index (χ4n) is 3.52. The number of rotatable bonds is 4. The summed E-state index contributed by atoms with van der Waals surface area (Å²) in [5.74, 6) is 0.999. The number of nitriles is 1. The molecule has 1 aliphatic carbocycles. The van der Waals surface area contributed by atoms with Gasteiger partial charge in [-0.25, -0.2) is 0 Å². The van der Waals surface area contributed by atoms with E-state index in [1.807, 2.05) is 0 Å². The molecule has 2 aliphatic rings. The van der Waals surface area contributed by atoms with Crippen LogP contribution in [0.2, 0.25) is 0 Å². The van der Waals surface area contributed by atoms with E-state index in [-0.39, 0.29) is 0 Å². The molecule has 16 heavy (non-hydrogen) atoms. The molecular weight excluding hydrogens is 196 g/mol. The van der Waals surface area contributed by atoms with Crippen LogP contribution >= 0.6 is 0 Å². The first-order valence-electron chi connectivity index (χ1n) is 7.03. The van der Waals surface area contributed by atoms with Gasteiger partial charge in [-0.1, -0.05) is 12.8 Å². The quantitative estimate of drug-likeness (QED) is 0.679. The standard InChI is InChI=1S/C14H24N2/c15-10-4-1-5-11-16-12-6-8-13-7-2-3-9-14(13)16/h13-14H,1-9,11-12H2/t13-,14+/m1/s1. The van der Waals surface area contributed by atoms with Gasteiger partial charge in [-0.3, -0.25) is 0 Å². The molecule has 0 aromatic heterocycles. The Balaban J connectivity index is 1.76. The van der Waals surface area contributed by atoms with Gasteiger partial charge in [0.2, 0.25) is 0 Å². The van der Waals surface area contributed by atoms with Gasteiger partial charge in [0.05, 0.1) is 6.07 Å². The van der Waals surface area contributed by atoms with E-state index in [1.165, 1.54) is 58.0 Å². The summed E-state index contributed by atoms with van der Waals surface area (Å²) >= 11 is 0. The lowest BCUT2D eigenvalue weighted by Crippen LogP contribution is -2.46. The van der Waals surface area contributed by atoms with Crippen LogP contribution in [0.4, 0.5) is 0 Å². The molecule has 90 valence electrons. The molecule has 2 atom stereocenters. The third kappa shape index (κ3) is 2.98. The zero-order valence-electron chi connectivity index (χ0n) is 10.3. The molecule has 0 radical (unpaired) electrons. The Morgan fingerprint density at radius 1 is 1.06 bits per heavy atom. The molecule has 0 N–H and O–H groups in total. The van der Waals surface area contributed by atoms with Crippen molar-refractivity contribution in [3.05, 3.63) is 0 Å². The average Bonchev–Trinajstić information content (AvgIpc) is 2.35. The number of nitrogens with zero attached hydrogens (tertiary/aromatic N) is 2. The molecule has 1 aliphatic heterocycles. The molecule has 0 amide bonds. The van der Waals surface area contributed by atoms with Crippen molar-refractivity contribution in [2.75, 3.05) is 13.1 Å². The van der Waals surface area contributed by atoms with Crippen molar-refractivity contribution in [2.24, 2.45) is 5.92 Å². The van der Waals surface area contributed by atoms with Gasteiger partial charge in [0.15, 0.2) is 0 Å². The Bertz CT molecular complexity index is 242. The zero-order valence-corrected chi connectivity index (χ0v) is 10.3. The monoisotopic (exact) mass is 220 g/mol. The van der Waals surface area contributed by atoms with Gasteiger partial charge in [0.25, 0.3) is 0 Å². The van der Waals surface area contributed by atoms with E-state index in [4.69, 9.17) is 5.26 Å². The van der Waals surface area contributed by atoms with E-state index in [0.717, 1.165) is 24.8 Å². The molecule has 2 nitrogen and oxygen atoms in total. The predicted octanol–water partition coefficient (Wildman–Crippen LogP) is 3.33. The average molecular weight is 220 g/mol. The van der Waals surface area contributed by atoms with E-state index in [0.29, 0.717) is 0 Å². The Kier molecular flexibility index (Phi) is 4.66. The SMILES string of the molecule is N#CCCCCN1CCC[C@H]2CCCC[C@@H]21. The highest BCUT2D eigenvalue weighted by molar-refractivity contribution is 4.87. The second-order valence-electron chi connectivity index (χ2n) is 5.41. The summed E-state index contributed by atoms with van der Waals surface area (Å²) in [5.41, 5.74) is 0. The van der Waals surface area contributed by atoms with Crippen molar-refractivity contribution in [1.82, 2.24) is 4.90 Å². The number of hydrogen-bond donors (Lipinski definition) is 0. The topological polar surface area (TPSA) is 27.0 Å². The minimum absolute atomic E-state index is 0.738. The fourth-order valence-corrected chi connectivity index (χ4v) is 3.52. The lowest BCUT2D eigenvalue weighted by atomic mass is 9.78. The molecule has 0 aromatic rings. The van der Waals surface area contributed by atoms with E-state index in [9.17, 15) is 0 Å². The molecular formula is C14H24N2. The van der Waals surface area contributed by atoms with Gasteiger partial charge in [-0.15, -0.1) is 0 Å². The first kappa shape index (κ1) is 11.9. The van der Waals surface area contributed by atoms with Crippen molar-refractivity contribution in [3.63, 3.8) is 0 Å². The normalized spacial score (nSPS) is 30.7. The summed E-state index contributed by atoms with van der Waals surface area (Å²) in [6.07, 6.45) is 11.7. The van der Waals surface area contributed by atoms with Gasteiger partial charge in [0, 0.05) is 12.5 Å². The number of fused-ring (bicyclic) bond motifs is 1. The highest BCUT2D eigenvalue weighted by Gasteiger charge is 2.32. The summed E-state index contributed by atoms with van der Waals surface area (Å²) < 4.78 is 0. The van der Waals surface area contributed by atoms with Gasteiger partial charge in [-0.05, 0) is 57.5 Å². The predicted molar refractivity (Wildman–Crippen MR) is 66.0 cm³/mol. The highest BCUT2D eigenvalue weighted by Crippen LogP contribution is 2.35. The van der Waals surface area contributed by atoms with Gasteiger partial charge >= 0.3 is 0 Å². The number of unbranched alkanes of at least 4 members (excludes halogenated alkanes) is 2. The molecule has 1 heterocycles. The first-order chi connectivity index (χ1) is 7.92. The molecule has 0 bridgehead atoms. The molecule has 0 unspecified atom stereocenters. The Morgan fingerprint density at radius 3 is 2.75 bits per heavy atom. The molecule has 0 aromatic carbocycles. The maximum absolute atomic E-state index is 8.53. The summed E-state index contributed by atoms with van der Waals surface area (Å²) in [7, 11) is 0. The number of likely N-dealkylation sites (tertiary alicyclic amines) is 1. The summed E-state index contributed by atoms with van der Waals surface area (Å²) in [6.45, 7) is 2.55. The minimum atomic E-state index is 0.738. The van der Waals surface area contributed by atoms with Crippen molar-refractivity contribution in [1.29, 1.82) is 5.26 Å². The van der Waals surface area contributed by atoms with E-state index >= 15 is 0 Å². The van der Waals surface area contributed by atoms with Crippen molar-refractivity contribution < 1.29 is 0 Å². The van der Waals surface area contributed by atoms with Gasteiger partial charge in [-0.2, -0.15) is 5.26 Å². The summed E-state index contributed by atoms with van der Waals surface area (Å²) in [6, 6.07) is 3.14. The smallest absolute Gasteiger partial charge is 0.0621 e. The van der Waals surface area contributed by atoms with Crippen molar-refractivity contribution in [3.8, 4) is 6.07 Å².